The summed E-state index contributed by atoms with van der Waals surface area (Å²) in [6.45, 7) is 0.427. The van der Waals surface area contributed by atoms with Crippen LogP contribution in [0.1, 0.15) is 12.8 Å². The summed E-state index contributed by atoms with van der Waals surface area (Å²) in [6, 6.07) is 0. The Morgan fingerprint density at radius 3 is 2.50 bits per heavy atom. The van der Waals surface area contributed by atoms with Gasteiger partial charge in [-0.05, 0) is 6.42 Å². The van der Waals surface area contributed by atoms with Crippen LogP contribution in [-0.2, 0) is 14.8 Å². The van der Waals surface area contributed by atoms with Gasteiger partial charge in [0.2, 0.25) is 15.9 Å². The lowest BCUT2D eigenvalue weighted by molar-refractivity contribution is -0.121. The highest BCUT2D eigenvalue weighted by atomic mass is 32.2. The van der Waals surface area contributed by atoms with Crippen molar-refractivity contribution in [2.75, 3.05) is 26.0 Å². The van der Waals surface area contributed by atoms with E-state index in [1.54, 1.807) is 0 Å². The molecule has 0 atom stereocenters. The molecule has 0 aromatic heterocycles. The van der Waals surface area contributed by atoms with Crippen molar-refractivity contribution in [2.24, 2.45) is 0 Å². The number of rotatable bonds is 7. The second-order valence-electron chi connectivity index (χ2n) is 2.84. The average Bonchev–Trinajstić information content (AvgIpc) is 2.07. The van der Waals surface area contributed by atoms with Crippen LogP contribution in [0.5, 0.6) is 0 Å². The molecule has 0 saturated carbocycles. The number of hydrogen-bond donors (Lipinski definition) is 3. The molecule has 7 heteroatoms. The highest BCUT2D eigenvalue weighted by Crippen LogP contribution is 1.85. The Bertz CT molecular complexity index is 263. The smallest absolute Gasteiger partial charge is 0.220 e. The van der Waals surface area contributed by atoms with Crippen molar-refractivity contribution in [3.8, 4) is 0 Å². The molecule has 0 aliphatic rings. The van der Waals surface area contributed by atoms with E-state index in [1.807, 2.05) is 0 Å². The van der Waals surface area contributed by atoms with Crippen LogP contribution in [0.15, 0.2) is 0 Å². The molecule has 0 aromatic carbocycles. The highest BCUT2D eigenvalue weighted by Gasteiger charge is 2.01. The molecule has 0 rings (SSSR count). The van der Waals surface area contributed by atoms with E-state index in [9.17, 15) is 13.2 Å². The van der Waals surface area contributed by atoms with Crippen LogP contribution >= 0.6 is 0 Å². The first-order chi connectivity index (χ1) is 6.45. The normalized spacial score (nSPS) is 11.3. The molecule has 0 unspecified atom stereocenters. The molecule has 0 fully saturated rings. The van der Waals surface area contributed by atoms with Gasteiger partial charge in [0.25, 0.3) is 0 Å². The topological polar surface area (TPSA) is 95.5 Å². The monoisotopic (exact) mass is 224 g/mol. The maximum absolute atomic E-state index is 10.9. The van der Waals surface area contributed by atoms with Gasteiger partial charge >= 0.3 is 0 Å². The van der Waals surface area contributed by atoms with Gasteiger partial charge in [0.15, 0.2) is 0 Å². The highest BCUT2D eigenvalue weighted by molar-refractivity contribution is 7.88. The van der Waals surface area contributed by atoms with Gasteiger partial charge in [-0.1, -0.05) is 0 Å². The number of carbonyl (C=O) groups excluding carboxylic acids is 1. The predicted octanol–water partition coefficient (Wildman–Crippen LogP) is -1.58. The Kier molecular flexibility index (Phi) is 6.43. The van der Waals surface area contributed by atoms with E-state index in [0.29, 0.717) is 6.42 Å². The third kappa shape index (κ3) is 9.43. The van der Waals surface area contributed by atoms with Gasteiger partial charge in [0.1, 0.15) is 0 Å². The van der Waals surface area contributed by atoms with E-state index in [1.165, 1.54) is 0 Å². The summed E-state index contributed by atoms with van der Waals surface area (Å²) >= 11 is 0. The number of hydrogen-bond acceptors (Lipinski definition) is 4. The van der Waals surface area contributed by atoms with Gasteiger partial charge in [0, 0.05) is 26.1 Å². The minimum atomic E-state index is -3.18. The molecule has 0 radical (unpaired) electrons. The lowest BCUT2D eigenvalue weighted by atomic mass is 10.3. The Morgan fingerprint density at radius 2 is 2.00 bits per heavy atom. The molecule has 14 heavy (non-hydrogen) atoms. The van der Waals surface area contributed by atoms with Gasteiger partial charge in [-0.2, -0.15) is 0 Å². The van der Waals surface area contributed by atoms with E-state index < -0.39 is 10.0 Å². The van der Waals surface area contributed by atoms with E-state index >= 15 is 0 Å². The van der Waals surface area contributed by atoms with Crippen molar-refractivity contribution >= 4 is 15.9 Å². The molecule has 84 valence electrons. The van der Waals surface area contributed by atoms with Crippen molar-refractivity contribution in [1.82, 2.24) is 10.0 Å². The zero-order valence-corrected chi connectivity index (χ0v) is 8.93. The number of nitrogens with one attached hydrogen (secondary N) is 2. The molecular weight excluding hydrogens is 208 g/mol. The molecule has 3 N–H and O–H groups in total. The first-order valence-electron chi connectivity index (χ1n) is 4.28. The summed E-state index contributed by atoms with van der Waals surface area (Å²) in [7, 11) is -3.18. The molecule has 0 aliphatic carbocycles. The van der Waals surface area contributed by atoms with E-state index in [-0.39, 0.29) is 32.0 Å². The molecule has 0 heterocycles. The third-order valence-electron chi connectivity index (χ3n) is 1.37. The maximum Gasteiger partial charge on any atom is 0.220 e. The Labute approximate surface area is 83.7 Å². The number of aliphatic hydroxyl groups is 1. The van der Waals surface area contributed by atoms with Crippen molar-refractivity contribution in [1.29, 1.82) is 0 Å². The second kappa shape index (κ2) is 6.74. The van der Waals surface area contributed by atoms with Crippen LogP contribution in [0.25, 0.3) is 0 Å². The minimum Gasteiger partial charge on any atom is -0.396 e. The SMILES string of the molecule is CS(=O)(=O)NCCNC(=O)CCCO. The zero-order valence-electron chi connectivity index (χ0n) is 8.12. The quantitative estimate of drug-likeness (QED) is 0.455. The fraction of sp³-hybridized carbons (Fsp3) is 0.857. The maximum atomic E-state index is 10.9. The molecule has 0 bridgehead atoms. The van der Waals surface area contributed by atoms with Gasteiger partial charge < -0.3 is 10.4 Å². The largest absolute Gasteiger partial charge is 0.396 e. The van der Waals surface area contributed by atoms with Crippen molar-refractivity contribution in [3.05, 3.63) is 0 Å². The summed E-state index contributed by atoms with van der Waals surface area (Å²) in [4.78, 5) is 10.9. The summed E-state index contributed by atoms with van der Waals surface area (Å²) in [5.74, 6) is -0.186. The van der Waals surface area contributed by atoms with Crippen LogP contribution in [-0.4, -0.2) is 45.4 Å². The molecule has 0 aliphatic heterocycles. The van der Waals surface area contributed by atoms with Crippen LogP contribution in [0.4, 0.5) is 0 Å². The lowest BCUT2D eigenvalue weighted by Gasteiger charge is -2.04. The molecular formula is C7H16N2O4S. The molecule has 6 nitrogen and oxygen atoms in total. The van der Waals surface area contributed by atoms with Crippen molar-refractivity contribution < 1.29 is 18.3 Å². The summed E-state index contributed by atoms with van der Waals surface area (Å²) < 4.78 is 23.4. The average molecular weight is 224 g/mol. The summed E-state index contributed by atoms with van der Waals surface area (Å²) in [5.41, 5.74) is 0. The summed E-state index contributed by atoms with van der Waals surface area (Å²) in [6.07, 6.45) is 1.74. The molecule has 0 spiro atoms. The lowest BCUT2D eigenvalue weighted by Crippen LogP contribution is -2.34. The Balaban J connectivity index is 3.41. The van der Waals surface area contributed by atoms with E-state index in [0.717, 1.165) is 6.26 Å². The third-order valence-corrected chi connectivity index (χ3v) is 2.10. The van der Waals surface area contributed by atoms with Gasteiger partial charge in [-0.3, -0.25) is 4.79 Å². The number of sulfonamides is 1. The Hall–Kier alpha value is -0.660. The van der Waals surface area contributed by atoms with Gasteiger partial charge in [-0.25, -0.2) is 13.1 Å². The van der Waals surface area contributed by atoms with Gasteiger partial charge in [0.05, 0.1) is 6.26 Å². The van der Waals surface area contributed by atoms with Crippen LogP contribution in [0, 0.1) is 0 Å². The molecule has 1 amide bonds. The van der Waals surface area contributed by atoms with E-state index in [4.69, 9.17) is 5.11 Å². The van der Waals surface area contributed by atoms with Crippen molar-refractivity contribution in [2.45, 2.75) is 12.8 Å². The fourth-order valence-corrected chi connectivity index (χ4v) is 1.24. The zero-order chi connectivity index (χ0) is 11.0. The predicted molar refractivity (Wildman–Crippen MR) is 52.2 cm³/mol. The number of aliphatic hydroxyl groups excluding tert-OH is 1. The van der Waals surface area contributed by atoms with Crippen LogP contribution in [0.2, 0.25) is 0 Å². The minimum absolute atomic E-state index is 0.0188. The van der Waals surface area contributed by atoms with Crippen LogP contribution < -0.4 is 10.0 Å². The van der Waals surface area contributed by atoms with Gasteiger partial charge in [-0.15, -0.1) is 0 Å². The van der Waals surface area contributed by atoms with Crippen LogP contribution in [0.3, 0.4) is 0 Å². The first-order valence-corrected chi connectivity index (χ1v) is 6.17. The standard InChI is InChI=1S/C7H16N2O4S/c1-14(12,13)9-5-4-8-7(11)3-2-6-10/h9-10H,2-6H2,1H3,(H,8,11). The number of carbonyl (C=O) groups is 1. The van der Waals surface area contributed by atoms with E-state index in [2.05, 4.69) is 10.0 Å². The second-order valence-corrected chi connectivity index (χ2v) is 4.68. The molecule has 0 aromatic rings. The first kappa shape index (κ1) is 13.3. The fourth-order valence-electron chi connectivity index (χ4n) is 0.766. The summed E-state index contributed by atoms with van der Waals surface area (Å²) in [5, 5.41) is 10.9. The van der Waals surface area contributed by atoms with Crippen molar-refractivity contribution in [3.63, 3.8) is 0 Å². The Morgan fingerprint density at radius 1 is 1.36 bits per heavy atom. The number of amides is 1. The molecule has 0 saturated heterocycles.